The Morgan fingerprint density at radius 3 is 2.42 bits per heavy atom. The van der Waals surface area contributed by atoms with E-state index in [1.807, 2.05) is 6.20 Å². The number of halogens is 1. The number of nitrogens with one attached hydrogen (secondary N) is 1. The Bertz CT molecular complexity index is 798. The number of guanidine groups is 1. The summed E-state index contributed by atoms with van der Waals surface area (Å²) in [6, 6.07) is 4.22. The van der Waals surface area contributed by atoms with Crippen LogP contribution >= 0.6 is 35.5 Å². The highest BCUT2D eigenvalue weighted by atomic mass is 127. The van der Waals surface area contributed by atoms with Gasteiger partial charge in [0, 0.05) is 70.0 Å². The third-order valence-electron chi connectivity index (χ3n) is 5.27. The lowest BCUT2D eigenvalue weighted by Gasteiger charge is -2.36. The van der Waals surface area contributed by atoms with Crippen LogP contribution < -0.4 is 15.1 Å². The number of hydrogen-bond acceptors (Lipinski definition) is 7. The molecule has 0 atom stereocenters. The molecule has 0 radical (unpaired) electrons. The minimum absolute atomic E-state index is 0. The molecule has 2 aromatic rings. The molecule has 0 amide bonds. The molecule has 0 bridgehead atoms. The zero-order valence-corrected chi connectivity index (χ0v) is 22.2. The van der Waals surface area contributed by atoms with Crippen molar-refractivity contribution in [3.63, 3.8) is 0 Å². The third-order valence-corrected chi connectivity index (χ3v) is 6.08. The second kappa shape index (κ2) is 13.0. The van der Waals surface area contributed by atoms with E-state index in [1.165, 1.54) is 11.5 Å². The van der Waals surface area contributed by atoms with E-state index in [4.69, 9.17) is 4.99 Å². The van der Waals surface area contributed by atoms with Gasteiger partial charge in [-0.25, -0.2) is 15.0 Å². The van der Waals surface area contributed by atoms with Crippen molar-refractivity contribution in [1.29, 1.82) is 0 Å². The van der Waals surface area contributed by atoms with E-state index in [9.17, 15) is 0 Å². The van der Waals surface area contributed by atoms with Gasteiger partial charge in [-0.15, -0.1) is 24.0 Å². The summed E-state index contributed by atoms with van der Waals surface area (Å²) in [5, 5.41) is 4.48. The molecule has 1 N–H and O–H groups in total. The fraction of sp³-hybridized carbons (Fsp3) is 0.619. The average Bonchev–Trinajstić information content (AvgIpc) is 3.28. The van der Waals surface area contributed by atoms with Gasteiger partial charge in [0.05, 0.1) is 6.54 Å². The molecule has 0 saturated carbocycles. The number of piperazine rings is 1. The van der Waals surface area contributed by atoms with Gasteiger partial charge in [-0.2, -0.15) is 4.37 Å². The average molecular weight is 559 g/mol. The Hall–Kier alpha value is -1.69. The van der Waals surface area contributed by atoms with Gasteiger partial charge in [0.1, 0.15) is 11.6 Å². The number of aromatic nitrogens is 3. The van der Waals surface area contributed by atoms with Gasteiger partial charge in [-0.3, -0.25) is 0 Å². The maximum absolute atomic E-state index is 4.87. The van der Waals surface area contributed by atoms with Crippen molar-refractivity contribution in [1.82, 2.24) is 24.6 Å². The van der Waals surface area contributed by atoms with Gasteiger partial charge >= 0.3 is 0 Å². The van der Waals surface area contributed by atoms with Crippen LogP contribution in [0.1, 0.15) is 39.1 Å². The zero-order chi connectivity index (χ0) is 21.3. The van der Waals surface area contributed by atoms with Crippen LogP contribution in [0.5, 0.6) is 0 Å². The van der Waals surface area contributed by atoms with Gasteiger partial charge in [0.15, 0.2) is 5.96 Å². The van der Waals surface area contributed by atoms with E-state index in [0.29, 0.717) is 6.54 Å². The molecule has 2 aromatic heterocycles. The largest absolute Gasteiger partial charge is 0.357 e. The molecule has 10 heteroatoms. The molecular formula is C21H35IN8S. The zero-order valence-electron chi connectivity index (χ0n) is 19.0. The smallest absolute Gasteiger partial charge is 0.205 e. The molecule has 31 heavy (non-hydrogen) atoms. The van der Waals surface area contributed by atoms with Crippen LogP contribution in [0.2, 0.25) is 0 Å². The number of nitrogens with zero attached hydrogens (tertiary/aromatic N) is 7. The quantitative estimate of drug-likeness (QED) is 0.303. The molecule has 0 unspecified atom stereocenters. The van der Waals surface area contributed by atoms with Crippen molar-refractivity contribution in [3.05, 3.63) is 29.7 Å². The first-order valence-corrected chi connectivity index (χ1v) is 11.8. The number of anilines is 2. The van der Waals surface area contributed by atoms with Crippen LogP contribution in [-0.4, -0.2) is 71.0 Å². The molecule has 0 aromatic carbocycles. The van der Waals surface area contributed by atoms with E-state index in [-0.39, 0.29) is 24.0 Å². The van der Waals surface area contributed by atoms with Crippen molar-refractivity contribution in [2.75, 3.05) is 55.6 Å². The molecule has 1 fully saturated rings. The minimum Gasteiger partial charge on any atom is -0.357 e. The Balaban J connectivity index is 0.00000341. The van der Waals surface area contributed by atoms with Gasteiger partial charge < -0.3 is 20.0 Å². The molecule has 0 aliphatic carbocycles. The first-order valence-electron chi connectivity index (χ1n) is 11.0. The molecule has 172 valence electrons. The number of aliphatic imine (C=N–C) groups is 1. The fourth-order valence-corrected chi connectivity index (χ4v) is 4.26. The predicted octanol–water partition coefficient (Wildman–Crippen LogP) is 3.25. The van der Waals surface area contributed by atoms with Crippen molar-refractivity contribution in [2.45, 2.75) is 40.7 Å². The Labute approximate surface area is 207 Å². The van der Waals surface area contributed by atoms with Gasteiger partial charge in [-0.05, 0) is 32.4 Å². The van der Waals surface area contributed by atoms with Crippen LogP contribution in [-0.2, 0) is 13.0 Å². The van der Waals surface area contributed by atoms with E-state index in [0.717, 1.165) is 80.5 Å². The topological polar surface area (TPSA) is 72.8 Å². The summed E-state index contributed by atoms with van der Waals surface area (Å²) in [5.41, 5.74) is 1.13. The van der Waals surface area contributed by atoms with Crippen molar-refractivity contribution in [2.24, 2.45) is 4.99 Å². The van der Waals surface area contributed by atoms with E-state index in [2.05, 4.69) is 74.2 Å². The van der Waals surface area contributed by atoms with Crippen LogP contribution in [0.4, 0.5) is 10.9 Å². The lowest BCUT2D eigenvalue weighted by molar-refractivity contribution is 0.372. The summed E-state index contributed by atoms with van der Waals surface area (Å²) in [6.07, 6.45) is 2.83. The Morgan fingerprint density at radius 2 is 1.87 bits per heavy atom. The van der Waals surface area contributed by atoms with Crippen molar-refractivity contribution >= 4 is 52.4 Å². The first-order chi connectivity index (χ1) is 14.7. The predicted molar refractivity (Wildman–Crippen MR) is 141 cm³/mol. The SMILES string of the molecule is CCNC(=NCc1ccc(N(CC)CC)nc1)N1CCN(c2nc(CC)ns2)CC1.I. The lowest BCUT2D eigenvalue weighted by Crippen LogP contribution is -2.52. The van der Waals surface area contributed by atoms with E-state index < -0.39 is 0 Å². The molecule has 3 heterocycles. The van der Waals surface area contributed by atoms with Crippen LogP contribution in [0.25, 0.3) is 0 Å². The van der Waals surface area contributed by atoms with Crippen LogP contribution in [0, 0.1) is 0 Å². The molecule has 8 nitrogen and oxygen atoms in total. The van der Waals surface area contributed by atoms with E-state index >= 15 is 0 Å². The van der Waals surface area contributed by atoms with E-state index in [1.54, 1.807) is 0 Å². The highest BCUT2D eigenvalue weighted by Gasteiger charge is 2.22. The Kier molecular flexibility index (Phi) is 10.7. The molecule has 1 aliphatic heterocycles. The first kappa shape index (κ1) is 25.6. The summed E-state index contributed by atoms with van der Waals surface area (Å²) in [4.78, 5) is 21.0. The monoisotopic (exact) mass is 558 g/mol. The van der Waals surface area contributed by atoms with Gasteiger partial charge in [0.2, 0.25) is 5.13 Å². The van der Waals surface area contributed by atoms with Crippen LogP contribution in [0.3, 0.4) is 0 Å². The maximum Gasteiger partial charge on any atom is 0.205 e. The molecule has 3 rings (SSSR count). The third kappa shape index (κ3) is 6.90. The summed E-state index contributed by atoms with van der Waals surface area (Å²) < 4.78 is 4.41. The normalized spacial score (nSPS) is 14.4. The highest BCUT2D eigenvalue weighted by molar-refractivity contribution is 14.0. The summed E-state index contributed by atoms with van der Waals surface area (Å²) in [5.74, 6) is 2.93. The number of hydrogen-bond donors (Lipinski definition) is 1. The van der Waals surface area contributed by atoms with Crippen molar-refractivity contribution < 1.29 is 0 Å². The van der Waals surface area contributed by atoms with Crippen molar-refractivity contribution in [3.8, 4) is 0 Å². The second-order valence-electron chi connectivity index (χ2n) is 7.19. The Morgan fingerprint density at radius 1 is 1.13 bits per heavy atom. The summed E-state index contributed by atoms with van der Waals surface area (Å²) in [6.45, 7) is 15.6. The highest BCUT2D eigenvalue weighted by Crippen LogP contribution is 2.19. The number of aryl methyl sites for hydroxylation is 1. The summed E-state index contributed by atoms with van der Waals surface area (Å²) >= 11 is 1.50. The fourth-order valence-electron chi connectivity index (χ4n) is 3.46. The van der Waals surface area contributed by atoms with Gasteiger partial charge in [0.25, 0.3) is 0 Å². The standard InChI is InChI=1S/C21H34N8S.HI/c1-5-18-25-21(30-26-18)29-13-11-28(12-14-29)20(22-6-2)24-16-17-9-10-19(23-15-17)27(7-3)8-4;/h9-10,15H,5-8,11-14,16H2,1-4H3,(H,22,24);1H. The molecule has 1 saturated heterocycles. The van der Waals surface area contributed by atoms with Crippen LogP contribution in [0.15, 0.2) is 23.3 Å². The second-order valence-corrected chi connectivity index (χ2v) is 7.92. The summed E-state index contributed by atoms with van der Waals surface area (Å²) in [7, 11) is 0. The molecular weight excluding hydrogens is 523 g/mol. The molecule has 1 aliphatic rings. The van der Waals surface area contributed by atoms with Gasteiger partial charge in [-0.1, -0.05) is 13.0 Å². The molecule has 0 spiro atoms. The lowest BCUT2D eigenvalue weighted by atomic mass is 10.2. The number of pyridine rings is 1. The maximum atomic E-state index is 4.87. The minimum atomic E-state index is 0. The number of rotatable bonds is 8.